The third-order valence-electron chi connectivity index (χ3n) is 2.76. The van der Waals surface area contributed by atoms with Gasteiger partial charge in [0.05, 0.1) is 20.3 Å². The Kier molecular flexibility index (Phi) is 2.88. The van der Waals surface area contributed by atoms with Crippen LogP contribution >= 0.6 is 0 Å². The number of rotatable bonds is 2. The Morgan fingerprint density at radius 2 is 2.00 bits per heavy atom. The predicted octanol–water partition coefficient (Wildman–Crippen LogP) is 1.34. The van der Waals surface area contributed by atoms with E-state index in [1.54, 1.807) is 19.2 Å². The fourth-order valence-electron chi connectivity index (χ4n) is 1.84. The molecule has 0 aromatic heterocycles. The van der Waals surface area contributed by atoms with Crippen LogP contribution in [-0.2, 0) is 11.2 Å². The molecule has 0 fully saturated rings. The molecule has 5 nitrogen and oxygen atoms in total. The summed E-state index contributed by atoms with van der Waals surface area (Å²) in [5.41, 5.74) is 1.56. The Labute approximate surface area is 98.9 Å². The number of hydrogen-bond donors (Lipinski definition) is 1. The monoisotopic (exact) mass is 232 g/mol. The molecule has 0 saturated heterocycles. The van der Waals surface area contributed by atoms with Gasteiger partial charge in [-0.2, -0.15) is 5.26 Å². The van der Waals surface area contributed by atoms with E-state index in [0.717, 1.165) is 5.56 Å². The van der Waals surface area contributed by atoms with Crippen molar-refractivity contribution in [3.05, 3.63) is 17.7 Å². The molecule has 1 aromatic carbocycles. The van der Waals surface area contributed by atoms with Crippen LogP contribution in [0.2, 0.25) is 0 Å². The van der Waals surface area contributed by atoms with Gasteiger partial charge in [-0.15, -0.1) is 0 Å². The second kappa shape index (κ2) is 4.34. The molecule has 0 radical (unpaired) electrons. The number of hydrogen-bond acceptors (Lipinski definition) is 4. The summed E-state index contributed by atoms with van der Waals surface area (Å²) in [6.07, 6.45) is 0.401. The molecule has 1 aliphatic rings. The van der Waals surface area contributed by atoms with E-state index < -0.39 is 5.92 Å². The van der Waals surface area contributed by atoms with Gasteiger partial charge in [0.2, 0.25) is 5.91 Å². The fraction of sp³-hybridized carbons (Fsp3) is 0.333. The Hall–Kier alpha value is -2.22. The van der Waals surface area contributed by atoms with E-state index in [2.05, 4.69) is 5.32 Å². The third-order valence-corrected chi connectivity index (χ3v) is 2.76. The van der Waals surface area contributed by atoms with Crippen molar-refractivity contribution >= 4 is 11.6 Å². The minimum Gasteiger partial charge on any atom is -0.493 e. The predicted molar refractivity (Wildman–Crippen MR) is 61.0 cm³/mol. The number of fused-ring (bicyclic) bond motifs is 1. The number of carbonyl (C=O) groups excluding carboxylic acids is 1. The van der Waals surface area contributed by atoms with E-state index in [-0.39, 0.29) is 5.91 Å². The van der Waals surface area contributed by atoms with Crippen LogP contribution < -0.4 is 14.8 Å². The summed E-state index contributed by atoms with van der Waals surface area (Å²) < 4.78 is 10.3. The van der Waals surface area contributed by atoms with Gasteiger partial charge in [0.25, 0.3) is 0 Å². The summed E-state index contributed by atoms with van der Waals surface area (Å²) >= 11 is 0. The van der Waals surface area contributed by atoms with Crippen molar-refractivity contribution < 1.29 is 14.3 Å². The molecule has 0 spiro atoms. The number of anilines is 1. The highest BCUT2D eigenvalue weighted by Gasteiger charge is 2.27. The summed E-state index contributed by atoms with van der Waals surface area (Å²) in [4.78, 5) is 11.5. The first-order chi connectivity index (χ1) is 8.19. The maximum Gasteiger partial charge on any atom is 0.242 e. The second-order valence-corrected chi connectivity index (χ2v) is 3.74. The zero-order chi connectivity index (χ0) is 12.4. The number of amides is 1. The minimum atomic E-state index is -0.638. The Balaban J connectivity index is 2.45. The molecular formula is C12H12N2O3. The van der Waals surface area contributed by atoms with Gasteiger partial charge >= 0.3 is 0 Å². The van der Waals surface area contributed by atoms with Crippen LogP contribution in [-0.4, -0.2) is 20.1 Å². The molecule has 1 aromatic rings. The maximum absolute atomic E-state index is 11.5. The molecule has 1 atom stereocenters. The number of carbonyl (C=O) groups is 1. The molecule has 0 bridgehead atoms. The smallest absolute Gasteiger partial charge is 0.242 e. The molecule has 1 heterocycles. The van der Waals surface area contributed by atoms with E-state index >= 15 is 0 Å². The summed E-state index contributed by atoms with van der Waals surface area (Å²) in [7, 11) is 3.08. The topological polar surface area (TPSA) is 71.3 Å². The van der Waals surface area contributed by atoms with Gasteiger partial charge in [-0.1, -0.05) is 0 Å². The lowest BCUT2D eigenvalue weighted by Crippen LogP contribution is -2.28. The van der Waals surface area contributed by atoms with E-state index in [1.165, 1.54) is 7.11 Å². The van der Waals surface area contributed by atoms with Crippen LogP contribution in [0.15, 0.2) is 12.1 Å². The zero-order valence-corrected chi connectivity index (χ0v) is 9.61. The number of nitrogens with one attached hydrogen (secondary N) is 1. The number of nitriles is 1. The quantitative estimate of drug-likeness (QED) is 0.835. The molecule has 0 saturated carbocycles. The van der Waals surface area contributed by atoms with Gasteiger partial charge in [0, 0.05) is 11.8 Å². The standard InChI is InChI=1S/C12H12N2O3/c1-16-10-4-7-3-8(6-13)12(15)14-9(7)5-11(10)17-2/h4-5,8H,3H2,1-2H3,(H,14,15). The van der Waals surface area contributed by atoms with Crippen molar-refractivity contribution in [3.8, 4) is 17.6 Å². The van der Waals surface area contributed by atoms with Crippen molar-refractivity contribution in [3.63, 3.8) is 0 Å². The van der Waals surface area contributed by atoms with Crippen molar-refractivity contribution in [2.24, 2.45) is 5.92 Å². The molecule has 2 rings (SSSR count). The van der Waals surface area contributed by atoms with Gasteiger partial charge in [-0.05, 0) is 18.1 Å². The fourth-order valence-corrected chi connectivity index (χ4v) is 1.84. The highest BCUT2D eigenvalue weighted by molar-refractivity contribution is 5.97. The average molecular weight is 232 g/mol. The average Bonchev–Trinajstić information content (AvgIpc) is 2.36. The van der Waals surface area contributed by atoms with E-state index in [4.69, 9.17) is 14.7 Å². The third kappa shape index (κ3) is 1.89. The Morgan fingerprint density at radius 3 is 2.59 bits per heavy atom. The zero-order valence-electron chi connectivity index (χ0n) is 9.61. The highest BCUT2D eigenvalue weighted by atomic mass is 16.5. The van der Waals surface area contributed by atoms with Crippen LogP contribution in [0.5, 0.6) is 11.5 Å². The SMILES string of the molecule is COc1cc2c(cc1OC)NC(=O)C(C#N)C2. The van der Waals surface area contributed by atoms with Crippen molar-refractivity contribution in [2.75, 3.05) is 19.5 Å². The largest absolute Gasteiger partial charge is 0.493 e. The first-order valence-electron chi connectivity index (χ1n) is 5.15. The lowest BCUT2D eigenvalue weighted by Gasteiger charge is -2.22. The van der Waals surface area contributed by atoms with Gasteiger partial charge in [-0.25, -0.2) is 0 Å². The first-order valence-corrected chi connectivity index (χ1v) is 5.15. The Morgan fingerprint density at radius 1 is 1.35 bits per heavy atom. The van der Waals surface area contributed by atoms with E-state index in [9.17, 15) is 4.79 Å². The van der Waals surface area contributed by atoms with Crippen LogP contribution in [0.25, 0.3) is 0 Å². The van der Waals surface area contributed by atoms with Crippen LogP contribution in [0.4, 0.5) is 5.69 Å². The van der Waals surface area contributed by atoms with Crippen LogP contribution in [0.1, 0.15) is 5.56 Å². The summed E-state index contributed by atoms with van der Waals surface area (Å²) in [5, 5.41) is 11.5. The van der Waals surface area contributed by atoms with Crippen LogP contribution in [0, 0.1) is 17.2 Å². The number of methoxy groups -OCH3 is 2. The summed E-state index contributed by atoms with van der Waals surface area (Å²) in [5.74, 6) is 0.244. The molecule has 0 aliphatic carbocycles. The Bertz CT molecular complexity index is 505. The van der Waals surface area contributed by atoms with Crippen molar-refractivity contribution in [2.45, 2.75) is 6.42 Å². The number of nitrogens with zero attached hydrogens (tertiary/aromatic N) is 1. The van der Waals surface area contributed by atoms with Gasteiger partial charge in [0.15, 0.2) is 11.5 Å². The molecule has 1 amide bonds. The van der Waals surface area contributed by atoms with Crippen LogP contribution in [0.3, 0.4) is 0 Å². The molecule has 1 N–H and O–H groups in total. The maximum atomic E-state index is 11.5. The molecule has 88 valence electrons. The molecule has 5 heteroatoms. The van der Waals surface area contributed by atoms with E-state index in [0.29, 0.717) is 23.6 Å². The molecule has 1 unspecified atom stereocenters. The van der Waals surface area contributed by atoms with Crippen molar-refractivity contribution in [1.29, 1.82) is 5.26 Å². The van der Waals surface area contributed by atoms with E-state index in [1.807, 2.05) is 6.07 Å². The second-order valence-electron chi connectivity index (χ2n) is 3.74. The highest BCUT2D eigenvalue weighted by Crippen LogP contribution is 2.36. The van der Waals surface area contributed by atoms with Gasteiger partial charge < -0.3 is 14.8 Å². The van der Waals surface area contributed by atoms with Crippen molar-refractivity contribution in [1.82, 2.24) is 0 Å². The number of benzene rings is 1. The minimum absolute atomic E-state index is 0.271. The van der Waals surface area contributed by atoms with Gasteiger partial charge in [-0.3, -0.25) is 4.79 Å². The summed E-state index contributed by atoms with van der Waals surface area (Å²) in [6, 6.07) is 5.47. The summed E-state index contributed by atoms with van der Waals surface area (Å²) in [6.45, 7) is 0. The first kappa shape index (κ1) is 11.3. The molecular weight excluding hydrogens is 220 g/mol. The lowest BCUT2D eigenvalue weighted by molar-refractivity contribution is -0.118. The molecule has 1 aliphatic heterocycles. The molecule has 17 heavy (non-hydrogen) atoms. The normalized spacial score (nSPS) is 17.7. The lowest BCUT2D eigenvalue weighted by atomic mass is 9.94. The number of ether oxygens (including phenoxy) is 2. The van der Waals surface area contributed by atoms with Gasteiger partial charge in [0.1, 0.15) is 5.92 Å².